The topological polar surface area (TPSA) is 131 Å². The van der Waals surface area contributed by atoms with Gasteiger partial charge in [-0.25, -0.2) is 4.79 Å². The summed E-state index contributed by atoms with van der Waals surface area (Å²) in [6.45, 7) is 8.00. The van der Waals surface area contributed by atoms with Crippen LogP contribution in [0.15, 0.2) is 43.1 Å². The van der Waals surface area contributed by atoms with Gasteiger partial charge >= 0.3 is 5.69 Å². The monoisotopic (exact) mass is 440 g/mol. The number of aryl methyl sites for hydroxylation is 1. The Balaban J connectivity index is 2.18. The number of hydrogen-bond acceptors (Lipinski definition) is 6. The van der Waals surface area contributed by atoms with Crippen molar-refractivity contribution in [3.8, 4) is 0 Å². The third kappa shape index (κ3) is 4.51. The van der Waals surface area contributed by atoms with Crippen LogP contribution < -0.4 is 27.3 Å². The van der Waals surface area contributed by atoms with Crippen molar-refractivity contribution < 1.29 is 9.21 Å². The highest BCUT2D eigenvalue weighted by Crippen LogP contribution is 2.22. The van der Waals surface area contributed by atoms with Crippen molar-refractivity contribution in [2.45, 2.75) is 47.1 Å². The van der Waals surface area contributed by atoms with E-state index >= 15 is 0 Å². The Bertz CT molecular complexity index is 1330. The fourth-order valence-electron chi connectivity index (χ4n) is 3.53. The summed E-state index contributed by atoms with van der Waals surface area (Å²) in [7, 11) is 0. The number of nitrogen functional groups attached to an aromatic ring is 1. The van der Waals surface area contributed by atoms with Crippen LogP contribution in [0.3, 0.4) is 0 Å². The first-order valence-electron chi connectivity index (χ1n) is 10.6. The van der Waals surface area contributed by atoms with Crippen LogP contribution in [-0.4, -0.2) is 22.0 Å². The van der Waals surface area contributed by atoms with Crippen LogP contribution in [-0.2, 0) is 6.54 Å². The second-order valence-electron chi connectivity index (χ2n) is 8.28. The summed E-state index contributed by atoms with van der Waals surface area (Å²) in [6.07, 6.45) is 1.49. The number of nitrogens with two attached hydrogens (primary N) is 1. The molecule has 0 aliphatic carbocycles. The van der Waals surface area contributed by atoms with Gasteiger partial charge in [0.25, 0.3) is 11.5 Å². The molecule has 0 atom stereocenters. The molecule has 9 nitrogen and oxygen atoms in total. The molecule has 32 heavy (non-hydrogen) atoms. The van der Waals surface area contributed by atoms with E-state index in [1.165, 1.54) is 9.47 Å². The third-order valence-corrected chi connectivity index (χ3v) is 5.11. The predicted octanol–water partition coefficient (Wildman–Crippen LogP) is 2.64. The number of aromatic amines is 1. The summed E-state index contributed by atoms with van der Waals surface area (Å²) in [6, 6.07) is 6.21. The highest BCUT2D eigenvalue weighted by Gasteiger charge is 2.28. The number of H-pyrrole nitrogens is 1. The van der Waals surface area contributed by atoms with Gasteiger partial charge in [-0.2, -0.15) is 0 Å². The number of amides is 1. The average Bonchev–Trinajstić information content (AvgIpc) is 2.72. The average molecular weight is 441 g/mol. The van der Waals surface area contributed by atoms with E-state index in [1.807, 2.05) is 27.7 Å². The molecule has 170 valence electrons. The van der Waals surface area contributed by atoms with Gasteiger partial charge in [0.15, 0.2) is 16.9 Å². The summed E-state index contributed by atoms with van der Waals surface area (Å²) >= 11 is 0. The van der Waals surface area contributed by atoms with E-state index in [4.69, 9.17) is 10.2 Å². The highest BCUT2D eigenvalue weighted by molar-refractivity contribution is 6.06. The van der Waals surface area contributed by atoms with Crippen LogP contribution in [0.25, 0.3) is 11.0 Å². The first-order chi connectivity index (χ1) is 15.1. The van der Waals surface area contributed by atoms with Crippen LogP contribution in [0.1, 0.15) is 49.7 Å². The Morgan fingerprint density at radius 2 is 1.94 bits per heavy atom. The number of aromatic nitrogens is 2. The van der Waals surface area contributed by atoms with E-state index in [2.05, 4.69) is 4.98 Å². The van der Waals surface area contributed by atoms with Crippen LogP contribution in [0.2, 0.25) is 0 Å². The van der Waals surface area contributed by atoms with Gasteiger partial charge in [0.1, 0.15) is 11.4 Å². The number of carbonyl (C=O) groups is 1. The van der Waals surface area contributed by atoms with Gasteiger partial charge in [0.2, 0.25) is 0 Å². The van der Waals surface area contributed by atoms with Crippen molar-refractivity contribution in [3.63, 3.8) is 0 Å². The number of anilines is 2. The van der Waals surface area contributed by atoms with Crippen LogP contribution in [0, 0.1) is 12.8 Å². The Labute approximate surface area is 184 Å². The Hall–Kier alpha value is -3.62. The van der Waals surface area contributed by atoms with Crippen molar-refractivity contribution in [1.29, 1.82) is 0 Å². The summed E-state index contributed by atoms with van der Waals surface area (Å²) in [5.74, 6) is -1.03. The minimum Gasteiger partial charge on any atom is -0.451 e. The maximum Gasteiger partial charge on any atom is 0.330 e. The molecule has 3 rings (SSSR count). The second kappa shape index (κ2) is 9.25. The molecule has 0 aliphatic heterocycles. The van der Waals surface area contributed by atoms with E-state index in [-0.39, 0.29) is 40.7 Å². The molecule has 3 aromatic rings. The molecule has 0 fully saturated rings. The second-order valence-corrected chi connectivity index (χ2v) is 8.28. The third-order valence-electron chi connectivity index (χ3n) is 5.11. The Kier molecular flexibility index (Phi) is 6.67. The highest BCUT2D eigenvalue weighted by atomic mass is 16.3. The quantitative estimate of drug-likeness (QED) is 0.581. The summed E-state index contributed by atoms with van der Waals surface area (Å²) in [4.78, 5) is 54.5. The number of nitrogens with zero attached hydrogens (tertiary/aromatic N) is 2. The van der Waals surface area contributed by atoms with Gasteiger partial charge < -0.3 is 10.2 Å². The zero-order valence-corrected chi connectivity index (χ0v) is 18.7. The van der Waals surface area contributed by atoms with Gasteiger partial charge in [-0.1, -0.05) is 38.8 Å². The van der Waals surface area contributed by atoms with Crippen molar-refractivity contribution >= 4 is 28.4 Å². The summed E-state index contributed by atoms with van der Waals surface area (Å²) in [5.41, 5.74) is 5.47. The molecule has 3 N–H and O–H groups in total. The molecular formula is C23H28N4O5. The largest absolute Gasteiger partial charge is 0.451 e. The maximum atomic E-state index is 13.5. The fourth-order valence-corrected chi connectivity index (χ4v) is 3.53. The molecular weight excluding hydrogens is 412 g/mol. The van der Waals surface area contributed by atoms with Crippen LogP contribution in [0.5, 0.6) is 0 Å². The van der Waals surface area contributed by atoms with Gasteiger partial charge in [-0.3, -0.25) is 28.8 Å². The molecule has 0 bridgehead atoms. The molecule has 9 heteroatoms. The van der Waals surface area contributed by atoms with Gasteiger partial charge in [0.05, 0.1) is 5.39 Å². The smallest absolute Gasteiger partial charge is 0.330 e. The normalized spacial score (nSPS) is 11.3. The minimum absolute atomic E-state index is 0.0383. The predicted molar refractivity (Wildman–Crippen MR) is 124 cm³/mol. The van der Waals surface area contributed by atoms with E-state index in [0.717, 1.165) is 18.1 Å². The molecule has 1 aromatic carbocycles. The van der Waals surface area contributed by atoms with E-state index in [1.54, 1.807) is 18.2 Å². The van der Waals surface area contributed by atoms with E-state index in [9.17, 15) is 19.2 Å². The molecule has 1 amide bonds. The zero-order chi connectivity index (χ0) is 23.6. The fraction of sp³-hybridized carbons (Fsp3) is 0.391. The standard InChI is InChI=1S/C23H28N4O5/c1-5-6-9-26-20(24)19(21(29)25-23(26)31)27(12-13(2)3)22(30)18-11-16(28)15-10-14(4)7-8-17(15)32-18/h7-8,10-11,13H,5-6,9,12,24H2,1-4H3,(H,25,29,31). The summed E-state index contributed by atoms with van der Waals surface area (Å²) in [5, 5.41) is 0.363. The molecule has 2 heterocycles. The number of unbranched alkanes of at least 4 members (excludes halogenated alkanes) is 1. The van der Waals surface area contributed by atoms with Gasteiger partial charge in [-0.15, -0.1) is 0 Å². The zero-order valence-electron chi connectivity index (χ0n) is 18.7. The van der Waals surface area contributed by atoms with E-state index in [0.29, 0.717) is 18.4 Å². The number of rotatable bonds is 7. The number of benzene rings is 1. The van der Waals surface area contributed by atoms with Crippen molar-refractivity contribution in [2.24, 2.45) is 5.92 Å². The SMILES string of the molecule is CCCCn1c(N)c(N(CC(C)C)C(=O)c2cc(=O)c3cc(C)ccc3o2)c(=O)[nH]c1=O. The van der Waals surface area contributed by atoms with Crippen molar-refractivity contribution in [1.82, 2.24) is 9.55 Å². The summed E-state index contributed by atoms with van der Waals surface area (Å²) < 4.78 is 6.98. The molecule has 0 saturated carbocycles. The number of fused-ring (bicyclic) bond motifs is 1. The molecule has 0 radical (unpaired) electrons. The van der Waals surface area contributed by atoms with Crippen molar-refractivity contribution in [3.05, 3.63) is 66.7 Å². The molecule has 2 aromatic heterocycles. The molecule has 0 unspecified atom stereocenters. The van der Waals surface area contributed by atoms with Crippen LogP contribution in [0.4, 0.5) is 11.5 Å². The first kappa shape index (κ1) is 23.1. The van der Waals surface area contributed by atoms with Crippen LogP contribution >= 0.6 is 0 Å². The number of hydrogen-bond donors (Lipinski definition) is 2. The van der Waals surface area contributed by atoms with Gasteiger partial charge in [-0.05, 0) is 31.4 Å². The van der Waals surface area contributed by atoms with E-state index < -0.39 is 17.2 Å². The van der Waals surface area contributed by atoms with Gasteiger partial charge in [0, 0.05) is 19.2 Å². The lowest BCUT2D eigenvalue weighted by molar-refractivity contribution is 0.0957. The lowest BCUT2D eigenvalue weighted by atomic mass is 10.1. The molecule has 0 aliphatic rings. The molecule has 0 saturated heterocycles. The minimum atomic E-state index is -0.770. The maximum absolute atomic E-state index is 13.5. The van der Waals surface area contributed by atoms with Crippen molar-refractivity contribution in [2.75, 3.05) is 17.2 Å². The lowest BCUT2D eigenvalue weighted by Gasteiger charge is -2.25. The first-order valence-corrected chi connectivity index (χ1v) is 10.6. The number of carbonyl (C=O) groups excluding carboxylic acids is 1. The Morgan fingerprint density at radius 1 is 1.22 bits per heavy atom. The molecule has 0 spiro atoms. The lowest BCUT2D eigenvalue weighted by Crippen LogP contribution is -2.43. The number of nitrogens with one attached hydrogen (secondary N) is 1. The Morgan fingerprint density at radius 3 is 2.59 bits per heavy atom.